The molecule has 0 aliphatic heterocycles. The van der Waals surface area contributed by atoms with Crippen LogP contribution in [0.5, 0.6) is 0 Å². The van der Waals surface area contributed by atoms with Crippen molar-refractivity contribution in [2.75, 3.05) is 6.54 Å². The standard InChI is InChI=1S/C14H19BrFN/c1-9(8-17-12-4-5-12)10(2)13-7-11(15)3-6-14(13)16/h3,6-7,9-10,12,17H,4-5,8H2,1-2H3. The Morgan fingerprint density at radius 2 is 2.12 bits per heavy atom. The van der Waals surface area contributed by atoms with E-state index in [0.29, 0.717) is 5.92 Å². The summed E-state index contributed by atoms with van der Waals surface area (Å²) in [6.45, 7) is 5.25. The van der Waals surface area contributed by atoms with E-state index >= 15 is 0 Å². The van der Waals surface area contributed by atoms with E-state index in [0.717, 1.165) is 22.6 Å². The van der Waals surface area contributed by atoms with Gasteiger partial charge in [-0.1, -0.05) is 29.8 Å². The Bertz CT molecular complexity index is 390. The summed E-state index contributed by atoms with van der Waals surface area (Å²) in [5.74, 6) is 0.581. The SMILES string of the molecule is CC(CNC1CC1)C(C)c1cc(Br)ccc1F. The fraction of sp³-hybridized carbons (Fsp3) is 0.571. The van der Waals surface area contributed by atoms with Crippen LogP contribution < -0.4 is 5.32 Å². The van der Waals surface area contributed by atoms with Gasteiger partial charge in [-0.25, -0.2) is 4.39 Å². The second-order valence-corrected chi connectivity index (χ2v) is 6.03. The highest BCUT2D eigenvalue weighted by molar-refractivity contribution is 9.10. The molecule has 2 rings (SSSR count). The Labute approximate surface area is 111 Å². The van der Waals surface area contributed by atoms with Crippen LogP contribution in [0, 0.1) is 11.7 Å². The van der Waals surface area contributed by atoms with Gasteiger partial charge in [-0.2, -0.15) is 0 Å². The van der Waals surface area contributed by atoms with Crippen molar-refractivity contribution >= 4 is 15.9 Å². The maximum Gasteiger partial charge on any atom is 0.126 e. The minimum atomic E-state index is -0.0982. The van der Waals surface area contributed by atoms with Crippen LogP contribution in [-0.4, -0.2) is 12.6 Å². The van der Waals surface area contributed by atoms with Crippen LogP contribution in [0.3, 0.4) is 0 Å². The van der Waals surface area contributed by atoms with Gasteiger partial charge in [0.05, 0.1) is 0 Å². The number of halogens is 2. The number of rotatable bonds is 5. The van der Waals surface area contributed by atoms with Crippen LogP contribution in [0.25, 0.3) is 0 Å². The van der Waals surface area contributed by atoms with Crippen molar-refractivity contribution < 1.29 is 4.39 Å². The number of hydrogen-bond donors (Lipinski definition) is 1. The molecule has 1 aliphatic carbocycles. The Morgan fingerprint density at radius 1 is 1.41 bits per heavy atom. The quantitative estimate of drug-likeness (QED) is 0.864. The zero-order chi connectivity index (χ0) is 12.4. The van der Waals surface area contributed by atoms with Crippen LogP contribution in [0.4, 0.5) is 4.39 Å². The molecule has 1 nitrogen and oxygen atoms in total. The average Bonchev–Trinajstić information content (AvgIpc) is 3.12. The molecule has 0 saturated heterocycles. The summed E-state index contributed by atoms with van der Waals surface area (Å²) >= 11 is 3.40. The van der Waals surface area contributed by atoms with E-state index in [2.05, 4.69) is 35.1 Å². The minimum Gasteiger partial charge on any atom is -0.314 e. The first kappa shape index (κ1) is 13.0. The predicted octanol–water partition coefficient (Wildman–Crippen LogP) is 4.08. The van der Waals surface area contributed by atoms with Crippen molar-refractivity contribution in [3.63, 3.8) is 0 Å². The van der Waals surface area contributed by atoms with Gasteiger partial charge in [0.1, 0.15) is 5.82 Å². The zero-order valence-corrected chi connectivity index (χ0v) is 11.9. The van der Waals surface area contributed by atoms with E-state index in [9.17, 15) is 4.39 Å². The molecular weight excluding hydrogens is 281 g/mol. The first-order chi connectivity index (χ1) is 8.08. The summed E-state index contributed by atoms with van der Waals surface area (Å²) in [5.41, 5.74) is 0.810. The van der Waals surface area contributed by atoms with Crippen molar-refractivity contribution in [2.45, 2.75) is 38.6 Å². The van der Waals surface area contributed by atoms with Crippen molar-refractivity contribution in [1.29, 1.82) is 0 Å². The normalized spacial score (nSPS) is 19.1. The molecule has 1 aliphatic rings. The molecule has 0 radical (unpaired) electrons. The molecule has 17 heavy (non-hydrogen) atoms. The lowest BCUT2D eigenvalue weighted by Crippen LogP contribution is -2.26. The largest absolute Gasteiger partial charge is 0.314 e. The van der Waals surface area contributed by atoms with Crippen LogP contribution in [0.1, 0.15) is 38.2 Å². The molecule has 1 aromatic carbocycles. The highest BCUT2D eigenvalue weighted by Gasteiger charge is 2.23. The van der Waals surface area contributed by atoms with Gasteiger partial charge >= 0.3 is 0 Å². The predicted molar refractivity (Wildman–Crippen MR) is 72.7 cm³/mol. The van der Waals surface area contributed by atoms with E-state index in [1.807, 2.05) is 6.07 Å². The molecule has 1 N–H and O–H groups in total. The third-order valence-corrected chi connectivity index (χ3v) is 4.10. The molecule has 0 spiro atoms. The number of hydrogen-bond acceptors (Lipinski definition) is 1. The molecule has 0 amide bonds. The Kier molecular flexibility index (Phi) is 4.21. The van der Waals surface area contributed by atoms with Crippen molar-refractivity contribution in [3.8, 4) is 0 Å². The van der Waals surface area contributed by atoms with Crippen LogP contribution in [0.2, 0.25) is 0 Å². The molecule has 2 unspecified atom stereocenters. The van der Waals surface area contributed by atoms with Gasteiger partial charge in [-0.05, 0) is 55.0 Å². The van der Waals surface area contributed by atoms with Crippen molar-refractivity contribution in [3.05, 3.63) is 34.1 Å². The monoisotopic (exact) mass is 299 g/mol. The molecule has 94 valence electrons. The fourth-order valence-corrected chi connectivity index (χ4v) is 2.37. The van der Waals surface area contributed by atoms with Crippen molar-refractivity contribution in [2.24, 2.45) is 5.92 Å². The van der Waals surface area contributed by atoms with Crippen molar-refractivity contribution in [1.82, 2.24) is 5.32 Å². The lowest BCUT2D eigenvalue weighted by molar-refractivity contribution is 0.433. The lowest BCUT2D eigenvalue weighted by Gasteiger charge is -2.21. The van der Waals surface area contributed by atoms with Gasteiger partial charge in [0.2, 0.25) is 0 Å². The van der Waals surface area contributed by atoms with Crippen LogP contribution in [0.15, 0.2) is 22.7 Å². The third kappa shape index (κ3) is 3.52. The van der Waals surface area contributed by atoms with E-state index in [4.69, 9.17) is 0 Å². The van der Waals surface area contributed by atoms with E-state index in [1.54, 1.807) is 6.07 Å². The molecule has 3 heteroatoms. The summed E-state index contributed by atoms with van der Waals surface area (Å²) < 4.78 is 14.7. The smallest absolute Gasteiger partial charge is 0.126 e. The van der Waals surface area contributed by atoms with Crippen LogP contribution >= 0.6 is 15.9 Å². The molecule has 1 aromatic rings. The Hall–Kier alpha value is -0.410. The Morgan fingerprint density at radius 3 is 2.76 bits per heavy atom. The van der Waals surface area contributed by atoms with E-state index < -0.39 is 0 Å². The molecule has 0 aromatic heterocycles. The van der Waals surface area contributed by atoms with Crippen LogP contribution in [-0.2, 0) is 0 Å². The second kappa shape index (κ2) is 5.49. The molecular formula is C14H19BrFN. The number of nitrogens with one attached hydrogen (secondary N) is 1. The fourth-order valence-electron chi connectivity index (χ4n) is 1.99. The van der Waals surface area contributed by atoms with Gasteiger partial charge in [0.25, 0.3) is 0 Å². The van der Waals surface area contributed by atoms with Gasteiger partial charge in [0, 0.05) is 10.5 Å². The first-order valence-electron chi connectivity index (χ1n) is 6.26. The lowest BCUT2D eigenvalue weighted by atomic mass is 9.88. The topological polar surface area (TPSA) is 12.0 Å². The maximum absolute atomic E-state index is 13.8. The molecule has 1 saturated carbocycles. The minimum absolute atomic E-state index is 0.0982. The molecule has 2 atom stereocenters. The summed E-state index contributed by atoms with van der Waals surface area (Å²) in [4.78, 5) is 0. The summed E-state index contributed by atoms with van der Waals surface area (Å²) in [6.07, 6.45) is 2.60. The molecule has 0 heterocycles. The second-order valence-electron chi connectivity index (χ2n) is 5.11. The zero-order valence-electron chi connectivity index (χ0n) is 10.3. The van der Waals surface area contributed by atoms with E-state index in [-0.39, 0.29) is 11.7 Å². The summed E-state index contributed by atoms with van der Waals surface area (Å²) in [5, 5.41) is 3.51. The number of benzene rings is 1. The summed E-state index contributed by atoms with van der Waals surface area (Å²) in [6, 6.07) is 5.90. The highest BCUT2D eigenvalue weighted by atomic mass is 79.9. The first-order valence-corrected chi connectivity index (χ1v) is 7.05. The molecule has 0 bridgehead atoms. The highest BCUT2D eigenvalue weighted by Crippen LogP contribution is 2.29. The van der Waals surface area contributed by atoms with Gasteiger partial charge in [0.15, 0.2) is 0 Å². The maximum atomic E-state index is 13.8. The summed E-state index contributed by atoms with van der Waals surface area (Å²) in [7, 11) is 0. The Balaban J connectivity index is 2.00. The van der Waals surface area contributed by atoms with E-state index in [1.165, 1.54) is 18.9 Å². The third-order valence-electron chi connectivity index (χ3n) is 3.61. The average molecular weight is 300 g/mol. The van der Waals surface area contributed by atoms with Gasteiger partial charge in [-0.15, -0.1) is 0 Å². The molecule has 1 fully saturated rings. The van der Waals surface area contributed by atoms with Gasteiger partial charge < -0.3 is 5.32 Å². The van der Waals surface area contributed by atoms with Gasteiger partial charge in [-0.3, -0.25) is 0 Å².